The van der Waals surface area contributed by atoms with E-state index < -0.39 is 41.1 Å². The summed E-state index contributed by atoms with van der Waals surface area (Å²) in [5, 5.41) is 15.1. The predicted octanol–water partition coefficient (Wildman–Crippen LogP) is 3.71. The molecule has 0 radical (unpaired) electrons. The highest BCUT2D eigenvalue weighted by Crippen LogP contribution is 2.37. The largest absolute Gasteiger partial charge is 0.480 e. The van der Waals surface area contributed by atoms with Gasteiger partial charge in [0.2, 0.25) is 11.8 Å². The van der Waals surface area contributed by atoms with Crippen molar-refractivity contribution in [3.8, 4) is 0 Å². The molecular weight excluding hydrogens is 474 g/mol. The van der Waals surface area contributed by atoms with Gasteiger partial charge in [0.15, 0.2) is 0 Å². The van der Waals surface area contributed by atoms with E-state index in [2.05, 4.69) is 10.6 Å². The summed E-state index contributed by atoms with van der Waals surface area (Å²) in [6.07, 6.45) is 0.920. The van der Waals surface area contributed by atoms with Crippen molar-refractivity contribution in [3.05, 3.63) is 35.9 Å². The van der Waals surface area contributed by atoms with E-state index in [9.17, 15) is 24.3 Å². The molecule has 0 spiro atoms. The number of hydrogen-bond donors (Lipinski definition) is 3. The molecule has 1 fully saturated rings. The van der Waals surface area contributed by atoms with Gasteiger partial charge in [0.25, 0.3) is 0 Å². The summed E-state index contributed by atoms with van der Waals surface area (Å²) in [6.45, 7) is 13.3. The maximum absolute atomic E-state index is 14.0. The molecule has 1 heterocycles. The average molecular weight is 518 g/mol. The zero-order chi connectivity index (χ0) is 28.0. The third kappa shape index (κ3) is 7.69. The zero-order valence-corrected chi connectivity index (χ0v) is 23.2. The number of aliphatic carboxylic acids is 1. The molecule has 0 saturated carbocycles. The van der Waals surface area contributed by atoms with Gasteiger partial charge in [-0.15, -0.1) is 0 Å². The Bertz CT molecular complexity index is 948. The van der Waals surface area contributed by atoms with E-state index in [-0.39, 0.29) is 17.7 Å². The SMILES string of the molecule is CCC(C)[C@H](NC(=O)C1(c2ccccc2)CCN(C(=O)OC(C)(C)C)CC1)C(=O)N[C@H](C(=O)O)C(C)C. The van der Waals surface area contributed by atoms with E-state index in [0.29, 0.717) is 32.4 Å². The van der Waals surface area contributed by atoms with E-state index in [4.69, 9.17) is 4.74 Å². The quantitative estimate of drug-likeness (QED) is 0.459. The number of hydrogen-bond acceptors (Lipinski definition) is 5. The van der Waals surface area contributed by atoms with Crippen molar-refractivity contribution in [1.82, 2.24) is 15.5 Å². The minimum absolute atomic E-state index is 0.222. The lowest BCUT2D eigenvalue weighted by Gasteiger charge is -2.42. The van der Waals surface area contributed by atoms with Gasteiger partial charge in [-0.1, -0.05) is 64.4 Å². The first-order valence-corrected chi connectivity index (χ1v) is 13.1. The van der Waals surface area contributed by atoms with Crippen LogP contribution in [-0.4, -0.2) is 64.7 Å². The fourth-order valence-electron chi connectivity index (χ4n) is 4.54. The van der Waals surface area contributed by atoms with E-state index in [1.165, 1.54) is 0 Å². The second-order valence-corrected chi connectivity index (χ2v) is 11.3. The van der Waals surface area contributed by atoms with Crippen LogP contribution in [0.3, 0.4) is 0 Å². The molecule has 1 aliphatic rings. The lowest BCUT2D eigenvalue weighted by molar-refractivity contribution is -0.144. The fourth-order valence-corrected chi connectivity index (χ4v) is 4.54. The number of carbonyl (C=O) groups is 4. The Balaban J connectivity index is 2.31. The average Bonchev–Trinajstić information content (AvgIpc) is 2.84. The van der Waals surface area contributed by atoms with Crippen LogP contribution in [0.4, 0.5) is 4.79 Å². The molecule has 1 aromatic rings. The molecule has 0 aliphatic carbocycles. The van der Waals surface area contributed by atoms with E-state index in [1.807, 2.05) is 65.0 Å². The van der Waals surface area contributed by atoms with Crippen LogP contribution in [0.15, 0.2) is 30.3 Å². The maximum Gasteiger partial charge on any atom is 0.410 e. The van der Waals surface area contributed by atoms with Crippen LogP contribution < -0.4 is 10.6 Å². The number of ether oxygens (including phenoxy) is 1. The highest BCUT2D eigenvalue weighted by atomic mass is 16.6. The summed E-state index contributed by atoms with van der Waals surface area (Å²) >= 11 is 0. The molecule has 1 aliphatic heterocycles. The number of carboxylic acid groups (broad SMARTS) is 1. The highest BCUT2D eigenvalue weighted by molar-refractivity contribution is 5.94. The van der Waals surface area contributed by atoms with Crippen molar-refractivity contribution in [3.63, 3.8) is 0 Å². The van der Waals surface area contributed by atoms with Crippen LogP contribution in [-0.2, 0) is 24.5 Å². The Hall–Kier alpha value is -3.10. The first kappa shape index (κ1) is 30.1. The topological polar surface area (TPSA) is 125 Å². The molecule has 1 saturated heterocycles. The Kier molecular flexibility index (Phi) is 10.1. The molecule has 9 nitrogen and oxygen atoms in total. The summed E-state index contributed by atoms with van der Waals surface area (Å²) in [6, 6.07) is 7.42. The van der Waals surface area contributed by atoms with Crippen LogP contribution in [0, 0.1) is 11.8 Å². The Morgan fingerprint density at radius 3 is 2.03 bits per heavy atom. The number of carbonyl (C=O) groups excluding carboxylic acids is 3. The zero-order valence-electron chi connectivity index (χ0n) is 23.2. The van der Waals surface area contributed by atoms with Gasteiger partial charge in [0.05, 0.1) is 5.41 Å². The van der Waals surface area contributed by atoms with Gasteiger partial charge < -0.3 is 25.4 Å². The Labute approximate surface area is 220 Å². The molecule has 0 bridgehead atoms. The Morgan fingerprint density at radius 1 is 1.00 bits per heavy atom. The van der Waals surface area contributed by atoms with Crippen molar-refractivity contribution < 1.29 is 29.0 Å². The molecule has 2 rings (SSSR count). The second-order valence-electron chi connectivity index (χ2n) is 11.3. The van der Waals surface area contributed by atoms with Gasteiger partial charge in [0.1, 0.15) is 17.7 Å². The van der Waals surface area contributed by atoms with Crippen LogP contribution in [0.1, 0.15) is 73.3 Å². The smallest absolute Gasteiger partial charge is 0.410 e. The first-order valence-electron chi connectivity index (χ1n) is 13.1. The number of rotatable bonds is 9. The normalized spacial score (nSPS) is 17.9. The lowest BCUT2D eigenvalue weighted by Crippen LogP contribution is -2.60. The summed E-state index contributed by atoms with van der Waals surface area (Å²) in [7, 11) is 0. The predicted molar refractivity (Wildman–Crippen MR) is 141 cm³/mol. The third-order valence-corrected chi connectivity index (χ3v) is 7.04. The molecule has 3 amide bonds. The number of amides is 3. The van der Waals surface area contributed by atoms with E-state index >= 15 is 0 Å². The molecule has 3 N–H and O–H groups in total. The molecule has 37 heavy (non-hydrogen) atoms. The van der Waals surface area contributed by atoms with Crippen LogP contribution in [0.25, 0.3) is 0 Å². The minimum atomic E-state index is -1.12. The van der Waals surface area contributed by atoms with Crippen molar-refractivity contribution in [2.75, 3.05) is 13.1 Å². The molecule has 3 atom stereocenters. The molecule has 1 aromatic carbocycles. The molecular formula is C28H43N3O6. The second kappa shape index (κ2) is 12.4. The number of likely N-dealkylation sites (tertiary alicyclic amines) is 1. The molecule has 9 heteroatoms. The monoisotopic (exact) mass is 517 g/mol. The third-order valence-electron chi connectivity index (χ3n) is 7.04. The number of benzene rings is 1. The summed E-state index contributed by atoms with van der Waals surface area (Å²) in [5.41, 5.74) is -0.760. The summed E-state index contributed by atoms with van der Waals surface area (Å²) in [4.78, 5) is 53.1. The Morgan fingerprint density at radius 2 is 1.57 bits per heavy atom. The van der Waals surface area contributed by atoms with Gasteiger partial charge in [-0.2, -0.15) is 0 Å². The summed E-state index contributed by atoms with van der Waals surface area (Å²) < 4.78 is 5.51. The van der Waals surface area contributed by atoms with Crippen LogP contribution >= 0.6 is 0 Å². The lowest BCUT2D eigenvalue weighted by atomic mass is 9.71. The van der Waals surface area contributed by atoms with Crippen molar-refractivity contribution in [1.29, 1.82) is 0 Å². The van der Waals surface area contributed by atoms with Gasteiger partial charge in [-0.05, 0) is 51.0 Å². The standard InChI is InChI=1S/C28H43N3O6/c1-8-19(4)22(23(32)29-21(18(2)3)24(33)34)30-25(35)28(20-12-10-9-11-13-20)14-16-31(17-15-28)26(36)37-27(5,6)7/h9-13,18-19,21-22H,8,14-17H2,1-7H3,(H,29,32)(H,30,35)(H,33,34)/t19?,21-,22-/m0/s1. The number of piperidine rings is 1. The minimum Gasteiger partial charge on any atom is -0.480 e. The van der Waals surface area contributed by atoms with Crippen LogP contribution in [0.2, 0.25) is 0 Å². The number of carboxylic acids is 1. The molecule has 1 unspecified atom stereocenters. The van der Waals surface area contributed by atoms with E-state index in [1.54, 1.807) is 18.7 Å². The number of nitrogens with one attached hydrogen (secondary N) is 2. The first-order chi connectivity index (χ1) is 17.2. The molecule has 206 valence electrons. The van der Waals surface area contributed by atoms with Crippen LogP contribution in [0.5, 0.6) is 0 Å². The van der Waals surface area contributed by atoms with Gasteiger partial charge in [-0.25, -0.2) is 9.59 Å². The number of nitrogens with zero attached hydrogens (tertiary/aromatic N) is 1. The van der Waals surface area contributed by atoms with Gasteiger partial charge in [-0.3, -0.25) is 9.59 Å². The van der Waals surface area contributed by atoms with Gasteiger partial charge in [0, 0.05) is 13.1 Å². The molecule has 0 aromatic heterocycles. The highest BCUT2D eigenvalue weighted by Gasteiger charge is 2.46. The summed E-state index contributed by atoms with van der Waals surface area (Å²) in [5.74, 6) is -2.48. The van der Waals surface area contributed by atoms with Crippen molar-refractivity contribution in [2.24, 2.45) is 11.8 Å². The maximum atomic E-state index is 14.0. The fraction of sp³-hybridized carbons (Fsp3) is 0.643. The van der Waals surface area contributed by atoms with Gasteiger partial charge >= 0.3 is 12.1 Å². The van der Waals surface area contributed by atoms with Crippen molar-refractivity contribution in [2.45, 2.75) is 90.8 Å². The van der Waals surface area contributed by atoms with Crippen molar-refractivity contribution >= 4 is 23.9 Å². The van der Waals surface area contributed by atoms with E-state index in [0.717, 1.165) is 5.56 Å².